The second-order valence-electron chi connectivity index (χ2n) is 16.9. The number of primary amides is 1. The standard InChI is InChI=1S/C30H29N3O4S.C24H25ClN2O4S2/c1-21-10-9-14-24(18-21)38(36,37)32-20-23-13-5-6-15-25(23)26-16-7-8-17-27(26)30(35)33-28(29(31)34)19-22-11-3-2-4-12-22;1-15(2)23(16(3)28)27-24(29)20-11-7-6-10-19(20)18-9-5-4-8-17(18)14-26-33(30,31)22-13-12-21(25)32-22/h2-18,28,32H,19-20H2,1H3,(H2,31,34)(H,33,35);4-13,15,23,26H,14H2,1-3H3,(H,27,29)/t28-;23-/m00/s1. The minimum Gasteiger partial charge on any atom is -0.368 e. The van der Waals surface area contributed by atoms with E-state index in [-0.39, 0.29) is 46.2 Å². The number of carbonyl (C=O) groups is 4. The monoisotopic (exact) mass is 1030 g/mol. The van der Waals surface area contributed by atoms with Crippen molar-refractivity contribution in [2.75, 3.05) is 0 Å². The summed E-state index contributed by atoms with van der Waals surface area (Å²) in [7, 11) is -7.47. The number of halogens is 1. The molecule has 0 fully saturated rings. The van der Waals surface area contributed by atoms with E-state index in [4.69, 9.17) is 17.3 Å². The Kier molecular flexibility index (Phi) is 18.4. The number of aryl methyl sites for hydroxylation is 1. The Balaban J connectivity index is 0.000000235. The first-order chi connectivity index (χ1) is 33.8. The van der Waals surface area contributed by atoms with Gasteiger partial charge >= 0.3 is 0 Å². The number of amides is 3. The van der Waals surface area contributed by atoms with Gasteiger partial charge in [0.2, 0.25) is 26.0 Å². The van der Waals surface area contributed by atoms with E-state index in [0.717, 1.165) is 28.0 Å². The fourth-order valence-electron chi connectivity index (χ4n) is 7.70. The van der Waals surface area contributed by atoms with Crippen LogP contribution in [0.1, 0.15) is 63.7 Å². The molecule has 368 valence electrons. The number of nitrogens with one attached hydrogen (secondary N) is 4. The van der Waals surface area contributed by atoms with Crippen LogP contribution in [0.5, 0.6) is 0 Å². The van der Waals surface area contributed by atoms with Gasteiger partial charge in [0.15, 0.2) is 5.78 Å². The SMILES string of the molecule is CC(=O)[C@@H](NC(=O)c1ccccc1-c1ccccc1CNS(=O)(=O)c1ccc(Cl)s1)C(C)C.Cc1cccc(S(=O)(=O)NCc2ccccc2-c2ccccc2C(=O)N[C@@H](Cc2ccccc2)C(N)=O)c1. The number of nitrogens with two attached hydrogens (primary N) is 1. The lowest BCUT2D eigenvalue weighted by Crippen LogP contribution is -2.46. The van der Waals surface area contributed by atoms with Gasteiger partial charge in [-0.1, -0.05) is 153 Å². The Bertz CT molecular complexity index is 3250. The average Bonchev–Trinajstić information content (AvgIpc) is 3.81. The minimum absolute atomic E-state index is 0.0281. The number of Topliss-reactive ketones (excluding diaryl/α,β-unsaturated/α-hetero) is 1. The zero-order valence-electron chi connectivity index (χ0n) is 39.4. The molecule has 71 heavy (non-hydrogen) atoms. The third-order valence-electron chi connectivity index (χ3n) is 11.3. The number of thiophene rings is 1. The summed E-state index contributed by atoms with van der Waals surface area (Å²) in [6, 6.07) is 46.1. The first-order valence-corrected chi connectivity index (χ1v) is 26.6. The summed E-state index contributed by atoms with van der Waals surface area (Å²) < 4.78 is 56.9. The van der Waals surface area contributed by atoms with E-state index >= 15 is 0 Å². The van der Waals surface area contributed by atoms with Gasteiger partial charge in [0.1, 0.15) is 10.3 Å². The zero-order chi connectivity index (χ0) is 51.3. The Hall–Kier alpha value is -6.79. The van der Waals surface area contributed by atoms with Crippen LogP contribution in [0.15, 0.2) is 173 Å². The molecule has 0 aliphatic carbocycles. The third kappa shape index (κ3) is 14.4. The summed E-state index contributed by atoms with van der Waals surface area (Å²) in [5.74, 6) is -1.60. The van der Waals surface area contributed by atoms with E-state index in [0.29, 0.717) is 43.3 Å². The molecule has 7 aromatic rings. The summed E-state index contributed by atoms with van der Waals surface area (Å²) in [4.78, 5) is 50.7. The summed E-state index contributed by atoms with van der Waals surface area (Å²) in [6.07, 6.45) is 0.265. The smallest absolute Gasteiger partial charge is 0.252 e. The highest BCUT2D eigenvalue weighted by Gasteiger charge is 2.25. The lowest BCUT2D eigenvalue weighted by molar-refractivity contribution is -0.120. The van der Waals surface area contributed by atoms with Crippen LogP contribution in [0.3, 0.4) is 0 Å². The molecule has 13 nitrogen and oxygen atoms in total. The Labute approximate surface area is 424 Å². The summed E-state index contributed by atoms with van der Waals surface area (Å²) >= 11 is 6.86. The summed E-state index contributed by atoms with van der Waals surface area (Å²) in [6.45, 7) is 7.10. The van der Waals surface area contributed by atoms with Gasteiger partial charge in [-0.15, -0.1) is 11.3 Å². The normalized spacial score (nSPS) is 12.3. The van der Waals surface area contributed by atoms with E-state index < -0.39 is 43.9 Å². The molecule has 6 N–H and O–H groups in total. The topological polar surface area (TPSA) is 211 Å². The second-order valence-corrected chi connectivity index (χ2v) is 22.3. The molecule has 0 aliphatic rings. The quantitative estimate of drug-likeness (QED) is 0.0527. The lowest BCUT2D eigenvalue weighted by atomic mass is 9.94. The van der Waals surface area contributed by atoms with Gasteiger partial charge in [-0.2, -0.15) is 0 Å². The number of benzene rings is 6. The highest BCUT2D eigenvalue weighted by Crippen LogP contribution is 2.31. The van der Waals surface area contributed by atoms with Gasteiger partial charge < -0.3 is 16.4 Å². The number of rotatable bonds is 19. The molecule has 0 bridgehead atoms. The minimum atomic E-state index is -3.74. The van der Waals surface area contributed by atoms with Crippen molar-refractivity contribution in [2.24, 2.45) is 11.7 Å². The van der Waals surface area contributed by atoms with Crippen LogP contribution in [0.2, 0.25) is 4.34 Å². The van der Waals surface area contributed by atoms with Crippen molar-refractivity contribution >= 4 is 66.5 Å². The van der Waals surface area contributed by atoms with Crippen molar-refractivity contribution in [3.05, 3.63) is 202 Å². The molecule has 3 amide bonds. The maximum atomic E-state index is 13.4. The first kappa shape index (κ1) is 53.6. The molecule has 0 radical (unpaired) electrons. The fraction of sp³-hybridized carbons (Fsp3) is 0.185. The average molecular weight is 1030 g/mol. The van der Waals surface area contributed by atoms with Gasteiger partial charge in [-0.3, -0.25) is 19.2 Å². The van der Waals surface area contributed by atoms with Crippen LogP contribution in [-0.2, 0) is 49.1 Å². The molecule has 1 heterocycles. The largest absolute Gasteiger partial charge is 0.368 e. The molecular weight excluding hydrogens is 978 g/mol. The number of carbonyl (C=O) groups excluding carboxylic acids is 4. The second kappa shape index (κ2) is 24.4. The summed E-state index contributed by atoms with van der Waals surface area (Å²) in [5, 5.41) is 5.60. The van der Waals surface area contributed by atoms with E-state index in [1.807, 2.05) is 106 Å². The predicted octanol–water partition coefficient (Wildman–Crippen LogP) is 8.86. The van der Waals surface area contributed by atoms with Crippen molar-refractivity contribution in [2.45, 2.75) is 68.4 Å². The first-order valence-electron chi connectivity index (χ1n) is 22.5. The Morgan fingerprint density at radius 3 is 1.58 bits per heavy atom. The number of sulfonamides is 2. The molecule has 0 saturated carbocycles. The van der Waals surface area contributed by atoms with Crippen molar-refractivity contribution in [1.82, 2.24) is 20.1 Å². The van der Waals surface area contributed by atoms with Gasteiger partial charge in [-0.05, 0) is 101 Å². The highest BCUT2D eigenvalue weighted by atomic mass is 35.5. The van der Waals surface area contributed by atoms with E-state index in [2.05, 4.69) is 20.1 Å². The van der Waals surface area contributed by atoms with Gasteiger partial charge in [-0.25, -0.2) is 26.3 Å². The van der Waals surface area contributed by atoms with Crippen LogP contribution >= 0.6 is 22.9 Å². The molecule has 7 rings (SSSR count). The van der Waals surface area contributed by atoms with Gasteiger partial charge in [0.05, 0.1) is 15.3 Å². The third-order valence-corrected chi connectivity index (χ3v) is 15.8. The van der Waals surface area contributed by atoms with Crippen LogP contribution in [0.4, 0.5) is 0 Å². The van der Waals surface area contributed by atoms with E-state index in [9.17, 15) is 36.0 Å². The molecule has 17 heteroatoms. The number of hydrogen-bond acceptors (Lipinski definition) is 9. The Morgan fingerprint density at radius 1 is 0.592 bits per heavy atom. The molecule has 0 spiro atoms. The summed E-state index contributed by atoms with van der Waals surface area (Å²) in [5.41, 5.74) is 12.1. The maximum absolute atomic E-state index is 13.4. The predicted molar refractivity (Wildman–Crippen MR) is 280 cm³/mol. The van der Waals surface area contributed by atoms with Crippen molar-refractivity contribution in [1.29, 1.82) is 0 Å². The van der Waals surface area contributed by atoms with E-state index in [1.165, 1.54) is 19.1 Å². The lowest BCUT2D eigenvalue weighted by Gasteiger charge is -2.21. The van der Waals surface area contributed by atoms with Crippen LogP contribution in [-0.4, -0.2) is 52.4 Å². The Morgan fingerprint density at radius 2 is 1.08 bits per heavy atom. The molecule has 0 saturated heterocycles. The number of hydrogen-bond donors (Lipinski definition) is 5. The molecule has 0 unspecified atom stereocenters. The molecule has 6 aromatic carbocycles. The molecule has 0 aliphatic heterocycles. The van der Waals surface area contributed by atoms with Gasteiger partial charge in [0.25, 0.3) is 11.8 Å². The highest BCUT2D eigenvalue weighted by molar-refractivity contribution is 7.91. The van der Waals surface area contributed by atoms with Crippen molar-refractivity contribution in [3.8, 4) is 22.3 Å². The van der Waals surface area contributed by atoms with Gasteiger partial charge in [0, 0.05) is 30.6 Å². The fourth-order valence-corrected chi connectivity index (χ4v) is 11.3. The van der Waals surface area contributed by atoms with Crippen LogP contribution in [0, 0.1) is 12.8 Å². The van der Waals surface area contributed by atoms with Crippen molar-refractivity contribution < 1.29 is 36.0 Å². The molecule has 2 atom stereocenters. The van der Waals surface area contributed by atoms with E-state index in [1.54, 1.807) is 66.7 Å². The van der Waals surface area contributed by atoms with Crippen LogP contribution in [0.25, 0.3) is 22.3 Å². The maximum Gasteiger partial charge on any atom is 0.252 e. The molecule has 1 aromatic heterocycles. The van der Waals surface area contributed by atoms with Crippen LogP contribution < -0.4 is 25.8 Å². The number of ketones is 1. The van der Waals surface area contributed by atoms with Crippen molar-refractivity contribution in [3.63, 3.8) is 0 Å². The molecular formula is C54H54ClN5O8S3. The zero-order valence-corrected chi connectivity index (χ0v) is 42.6.